The van der Waals surface area contributed by atoms with Crippen LogP contribution in [0.25, 0.3) is 0 Å². The SMILES string of the molecule is CCN(CC)C(C)(C)C(Cc1c(Cl)c(C)nn1C)NN. The van der Waals surface area contributed by atoms with Crippen LogP contribution >= 0.6 is 11.6 Å². The van der Waals surface area contributed by atoms with Crippen LogP contribution in [-0.2, 0) is 13.5 Å². The summed E-state index contributed by atoms with van der Waals surface area (Å²) in [6.07, 6.45) is 0.746. The standard InChI is InChI=1S/C14H28ClN5/c1-7-20(8-2)14(4,5)12(17-16)9-11-13(15)10(3)18-19(11)6/h12,17H,7-9,16H2,1-6H3. The molecular formula is C14H28ClN5. The van der Waals surface area contributed by atoms with Crippen molar-refractivity contribution in [3.63, 3.8) is 0 Å². The van der Waals surface area contributed by atoms with Crippen molar-refractivity contribution in [1.82, 2.24) is 20.1 Å². The summed E-state index contributed by atoms with van der Waals surface area (Å²) in [6.45, 7) is 12.6. The summed E-state index contributed by atoms with van der Waals surface area (Å²) in [6, 6.07) is 0.0923. The van der Waals surface area contributed by atoms with E-state index in [4.69, 9.17) is 17.4 Å². The minimum absolute atomic E-state index is 0.0697. The van der Waals surface area contributed by atoms with E-state index in [1.165, 1.54) is 0 Å². The molecule has 0 radical (unpaired) electrons. The number of nitrogens with zero attached hydrogens (tertiary/aromatic N) is 3. The monoisotopic (exact) mass is 301 g/mol. The summed E-state index contributed by atoms with van der Waals surface area (Å²) in [5, 5.41) is 5.11. The molecule has 0 saturated heterocycles. The molecule has 0 aliphatic rings. The van der Waals surface area contributed by atoms with Crippen molar-refractivity contribution in [2.75, 3.05) is 13.1 Å². The smallest absolute Gasteiger partial charge is 0.0847 e. The molecule has 0 amide bonds. The first kappa shape index (κ1) is 17.4. The molecule has 0 aliphatic heterocycles. The maximum Gasteiger partial charge on any atom is 0.0847 e. The van der Waals surface area contributed by atoms with Crippen LogP contribution in [0, 0.1) is 6.92 Å². The zero-order valence-electron chi connectivity index (χ0n) is 13.5. The maximum absolute atomic E-state index is 6.35. The number of rotatable bonds is 7. The van der Waals surface area contributed by atoms with Crippen molar-refractivity contribution in [1.29, 1.82) is 0 Å². The van der Waals surface area contributed by atoms with Crippen LogP contribution in [0.5, 0.6) is 0 Å². The lowest BCUT2D eigenvalue weighted by Crippen LogP contribution is -2.60. The largest absolute Gasteiger partial charge is 0.297 e. The van der Waals surface area contributed by atoms with Gasteiger partial charge >= 0.3 is 0 Å². The maximum atomic E-state index is 6.35. The van der Waals surface area contributed by atoms with Crippen LogP contribution < -0.4 is 11.3 Å². The molecule has 1 rings (SSSR count). The lowest BCUT2D eigenvalue weighted by Gasteiger charge is -2.43. The van der Waals surface area contributed by atoms with E-state index in [9.17, 15) is 0 Å². The molecule has 0 fully saturated rings. The van der Waals surface area contributed by atoms with E-state index in [0.717, 1.165) is 35.9 Å². The molecule has 0 bridgehead atoms. The number of aromatic nitrogens is 2. The molecule has 0 aromatic carbocycles. The van der Waals surface area contributed by atoms with Gasteiger partial charge in [0.15, 0.2) is 0 Å². The molecule has 116 valence electrons. The number of likely N-dealkylation sites (N-methyl/N-ethyl adjacent to an activating group) is 1. The first-order valence-electron chi connectivity index (χ1n) is 7.18. The van der Waals surface area contributed by atoms with E-state index in [1.807, 2.05) is 18.7 Å². The number of halogens is 1. The summed E-state index contributed by atoms with van der Waals surface area (Å²) in [4.78, 5) is 2.40. The number of aryl methyl sites for hydroxylation is 2. The third-order valence-corrected chi connectivity index (χ3v) is 4.78. The molecule has 0 spiro atoms. The van der Waals surface area contributed by atoms with Gasteiger partial charge in [-0.1, -0.05) is 25.4 Å². The lowest BCUT2D eigenvalue weighted by atomic mass is 9.89. The van der Waals surface area contributed by atoms with Crippen molar-refractivity contribution < 1.29 is 0 Å². The first-order chi connectivity index (χ1) is 9.29. The van der Waals surface area contributed by atoms with E-state index in [-0.39, 0.29) is 11.6 Å². The topological polar surface area (TPSA) is 59.1 Å². The second-order valence-electron chi connectivity index (χ2n) is 5.72. The normalized spacial score (nSPS) is 14.1. The summed E-state index contributed by atoms with van der Waals surface area (Å²) >= 11 is 6.35. The number of nitrogens with one attached hydrogen (secondary N) is 1. The van der Waals surface area contributed by atoms with Crippen molar-refractivity contribution >= 4 is 11.6 Å². The van der Waals surface area contributed by atoms with Gasteiger partial charge in [0.2, 0.25) is 0 Å². The highest BCUT2D eigenvalue weighted by Crippen LogP contribution is 2.26. The molecule has 1 aromatic heterocycles. The third-order valence-electron chi connectivity index (χ3n) is 4.29. The summed E-state index contributed by atoms with van der Waals surface area (Å²) in [5.74, 6) is 5.81. The minimum Gasteiger partial charge on any atom is -0.297 e. The quantitative estimate of drug-likeness (QED) is 0.596. The van der Waals surface area contributed by atoms with E-state index < -0.39 is 0 Å². The highest BCUT2D eigenvalue weighted by atomic mass is 35.5. The Hall–Kier alpha value is -0.620. The number of hydrogen-bond donors (Lipinski definition) is 2. The van der Waals surface area contributed by atoms with Crippen LogP contribution in [-0.4, -0.2) is 39.4 Å². The lowest BCUT2D eigenvalue weighted by molar-refractivity contribution is 0.0904. The summed E-state index contributed by atoms with van der Waals surface area (Å²) < 4.78 is 1.85. The first-order valence-corrected chi connectivity index (χ1v) is 7.56. The average Bonchev–Trinajstić information content (AvgIpc) is 2.62. The van der Waals surface area contributed by atoms with Crippen molar-refractivity contribution in [3.05, 3.63) is 16.4 Å². The Balaban J connectivity index is 3.02. The van der Waals surface area contributed by atoms with Crippen LogP contribution in [0.2, 0.25) is 5.02 Å². The van der Waals surface area contributed by atoms with Crippen molar-refractivity contribution in [3.8, 4) is 0 Å². The van der Waals surface area contributed by atoms with Crippen LogP contribution in [0.15, 0.2) is 0 Å². The van der Waals surface area contributed by atoms with Gasteiger partial charge in [0.25, 0.3) is 0 Å². The van der Waals surface area contributed by atoms with Crippen LogP contribution in [0.3, 0.4) is 0 Å². The Labute approximate surface area is 127 Å². The molecule has 0 aliphatic carbocycles. The van der Waals surface area contributed by atoms with Gasteiger partial charge in [-0.2, -0.15) is 5.10 Å². The van der Waals surface area contributed by atoms with Crippen LogP contribution in [0.4, 0.5) is 0 Å². The Kier molecular flexibility index (Phi) is 6.01. The molecule has 0 saturated carbocycles. The van der Waals surface area contributed by atoms with Crippen molar-refractivity contribution in [2.45, 2.75) is 52.6 Å². The van der Waals surface area contributed by atoms with Gasteiger partial charge in [0.05, 0.1) is 16.4 Å². The third kappa shape index (κ3) is 3.34. The fourth-order valence-corrected chi connectivity index (χ4v) is 3.10. The number of hydrogen-bond acceptors (Lipinski definition) is 4. The fraction of sp³-hybridized carbons (Fsp3) is 0.786. The van der Waals surface area contributed by atoms with Crippen molar-refractivity contribution in [2.24, 2.45) is 12.9 Å². The van der Waals surface area contributed by atoms with Crippen LogP contribution in [0.1, 0.15) is 39.1 Å². The molecule has 1 heterocycles. The van der Waals surface area contributed by atoms with Gasteiger partial charge in [0.1, 0.15) is 0 Å². The fourth-order valence-electron chi connectivity index (χ4n) is 2.87. The highest BCUT2D eigenvalue weighted by molar-refractivity contribution is 6.31. The van der Waals surface area contributed by atoms with E-state index in [0.29, 0.717) is 0 Å². The molecule has 6 heteroatoms. The Morgan fingerprint density at radius 2 is 1.95 bits per heavy atom. The highest BCUT2D eigenvalue weighted by Gasteiger charge is 2.34. The number of nitrogens with two attached hydrogens (primary N) is 1. The van der Waals surface area contributed by atoms with Gasteiger partial charge < -0.3 is 0 Å². The summed E-state index contributed by atoms with van der Waals surface area (Å²) in [5.41, 5.74) is 4.77. The Bertz CT molecular complexity index is 437. The molecule has 1 atom stereocenters. The molecule has 1 aromatic rings. The molecule has 5 nitrogen and oxygen atoms in total. The second-order valence-corrected chi connectivity index (χ2v) is 6.10. The van der Waals surface area contributed by atoms with Gasteiger partial charge in [-0.15, -0.1) is 0 Å². The Morgan fingerprint density at radius 3 is 2.30 bits per heavy atom. The average molecular weight is 302 g/mol. The molecule has 3 N–H and O–H groups in total. The zero-order valence-corrected chi connectivity index (χ0v) is 14.3. The van der Waals surface area contributed by atoms with E-state index in [1.54, 1.807) is 0 Å². The minimum atomic E-state index is -0.0697. The predicted molar refractivity (Wildman–Crippen MR) is 84.8 cm³/mol. The van der Waals surface area contributed by atoms with Gasteiger partial charge in [-0.25, -0.2) is 0 Å². The second kappa shape index (κ2) is 6.89. The van der Waals surface area contributed by atoms with Gasteiger partial charge in [-0.05, 0) is 33.9 Å². The van der Waals surface area contributed by atoms with E-state index in [2.05, 4.69) is 43.1 Å². The zero-order chi connectivity index (χ0) is 15.5. The number of hydrazine groups is 1. The Morgan fingerprint density at radius 1 is 1.40 bits per heavy atom. The summed E-state index contributed by atoms with van der Waals surface area (Å²) in [7, 11) is 1.92. The molecule has 1 unspecified atom stereocenters. The predicted octanol–water partition coefficient (Wildman–Crippen LogP) is 1.88. The van der Waals surface area contributed by atoms with E-state index >= 15 is 0 Å². The van der Waals surface area contributed by atoms with Gasteiger partial charge in [-0.3, -0.25) is 20.9 Å². The van der Waals surface area contributed by atoms with Gasteiger partial charge in [0, 0.05) is 25.0 Å². The molecular weight excluding hydrogens is 274 g/mol. The molecule has 20 heavy (non-hydrogen) atoms.